The zero-order chi connectivity index (χ0) is 10.7. The SMILES string of the molecule is CC.CCCCCCC(Br)C(=O)O. The van der Waals surface area contributed by atoms with E-state index in [-0.39, 0.29) is 4.83 Å². The predicted octanol–water partition coefficient (Wildman–Crippen LogP) is 3.83. The van der Waals surface area contributed by atoms with Gasteiger partial charge in [0.1, 0.15) is 4.83 Å². The minimum absolute atomic E-state index is 0.348. The molecule has 0 amide bonds. The summed E-state index contributed by atoms with van der Waals surface area (Å²) in [4.78, 5) is 9.97. The van der Waals surface area contributed by atoms with E-state index < -0.39 is 5.97 Å². The standard InChI is InChI=1S/C8H15BrO2.C2H6/c1-2-3-4-5-6-7(9)8(10)11;1-2/h7H,2-6H2,1H3,(H,10,11);1-2H3. The molecule has 0 radical (unpaired) electrons. The lowest BCUT2D eigenvalue weighted by atomic mass is 10.1. The molecule has 0 saturated heterocycles. The predicted molar refractivity (Wildman–Crippen MR) is 60.5 cm³/mol. The van der Waals surface area contributed by atoms with Crippen LogP contribution in [0.1, 0.15) is 52.9 Å². The third-order valence-corrected chi connectivity index (χ3v) is 2.43. The molecule has 0 aliphatic rings. The summed E-state index contributed by atoms with van der Waals surface area (Å²) in [6.07, 6.45) is 5.30. The van der Waals surface area contributed by atoms with E-state index in [0.29, 0.717) is 0 Å². The van der Waals surface area contributed by atoms with Gasteiger partial charge in [-0.3, -0.25) is 4.79 Å². The van der Waals surface area contributed by atoms with Gasteiger partial charge in [-0.25, -0.2) is 0 Å². The van der Waals surface area contributed by atoms with E-state index in [4.69, 9.17) is 5.11 Å². The topological polar surface area (TPSA) is 37.3 Å². The summed E-state index contributed by atoms with van der Waals surface area (Å²) in [5, 5.41) is 8.49. The van der Waals surface area contributed by atoms with Crippen molar-refractivity contribution in [1.29, 1.82) is 0 Å². The van der Waals surface area contributed by atoms with Gasteiger partial charge in [0.2, 0.25) is 0 Å². The minimum Gasteiger partial charge on any atom is -0.480 e. The second kappa shape index (κ2) is 11.9. The van der Waals surface area contributed by atoms with Crippen molar-refractivity contribution in [3.8, 4) is 0 Å². The van der Waals surface area contributed by atoms with Crippen LogP contribution in [0.2, 0.25) is 0 Å². The fourth-order valence-corrected chi connectivity index (χ4v) is 1.20. The Morgan fingerprint density at radius 3 is 2.23 bits per heavy atom. The van der Waals surface area contributed by atoms with E-state index in [9.17, 15) is 4.79 Å². The number of unbranched alkanes of at least 4 members (excludes halogenated alkanes) is 3. The number of carbonyl (C=O) groups is 1. The molecule has 0 fully saturated rings. The van der Waals surface area contributed by atoms with Crippen molar-refractivity contribution in [3.63, 3.8) is 0 Å². The van der Waals surface area contributed by atoms with Crippen molar-refractivity contribution >= 4 is 21.9 Å². The van der Waals surface area contributed by atoms with Gasteiger partial charge < -0.3 is 5.11 Å². The van der Waals surface area contributed by atoms with E-state index in [2.05, 4.69) is 22.9 Å². The molecular formula is C10H21BrO2. The monoisotopic (exact) mass is 252 g/mol. The summed E-state index contributed by atoms with van der Waals surface area (Å²) in [7, 11) is 0. The normalized spacial score (nSPS) is 11.4. The van der Waals surface area contributed by atoms with Gasteiger partial charge in [0, 0.05) is 0 Å². The Hall–Kier alpha value is -0.0500. The molecule has 1 unspecified atom stereocenters. The van der Waals surface area contributed by atoms with Crippen molar-refractivity contribution in [3.05, 3.63) is 0 Å². The molecule has 1 atom stereocenters. The van der Waals surface area contributed by atoms with Crippen LogP contribution in [0.4, 0.5) is 0 Å². The maximum atomic E-state index is 10.3. The van der Waals surface area contributed by atoms with E-state index >= 15 is 0 Å². The first-order valence-electron chi connectivity index (χ1n) is 5.05. The van der Waals surface area contributed by atoms with E-state index in [1.807, 2.05) is 13.8 Å². The second-order valence-electron chi connectivity index (χ2n) is 2.66. The van der Waals surface area contributed by atoms with E-state index in [1.165, 1.54) is 12.8 Å². The number of hydrogen-bond acceptors (Lipinski definition) is 1. The third-order valence-electron chi connectivity index (χ3n) is 1.58. The highest BCUT2D eigenvalue weighted by Gasteiger charge is 2.11. The number of rotatable bonds is 6. The van der Waals surface area contributed by atoms with Crippen molar-refractivity contribution in [2.24, 2.45) is 0 Å². The Morgan fingerprint density at radius 2 is 1.85 bits per heavy atom. The van der Waals surface area contributed by atoms with Gasteiger partial charge >= 0.3 is 5.97 Å². The Labute approximate surface area is 89.9 Å². The Balaban J connectivity index is 0. The van der Waals surface area contributed by atoms with Gasteiger partial charge in [0.25, 0.3) is 0 Å². The summed E-state index contributed by atoms with van der Waals surface area (Å²) in [6, 6.07) is 0. The molecule has 0 aromatic carbocycles. The Bertz CT molecular complexity index is 115. The maximum Gasteiger partial charge on any atom is 0.317 e. The molecule has 0 aromatic heterocycles. The van der Waals surface area contributed by atoms with Crippen molar-refractivity contribution in [2.75, 3.05) is 0 Å². The molecule has 0 rings (SSSR count). The van der Waals surface area contributed by atoms with Crippen LogP contribution in [0.15, 0.2) is 0 Å². The average molecular weight is 253 g/mol. The fraction of sp³-hybridized carbons (Fsp3) is 0.900. The van der Waals surface area contributed by atoms with E-state index in [1.54, 1.807) is 0 Å². The van der Waals surface area contributed by atoms with Gasteiger partial charge in [-0.2, -0.15) is 0 Å². The second-order valence-corrected chi connectivity index (χ2v) is 3.76. The summed E-state index contributed by atoms with van der Waals surface area (Å²) >= 11 is 3.09. The molecule has 0 aliphatic heterocycles. The highest BCUT2D eigenvalue weighted by molar-refractivity contribution is 9.10. The maximum absolute atomic E-state index is 10.3. The van der Waals surface area contributed by atoms with E-state index in [0.717, 1.165) is 19.3 Å². The van der Waals surface area contributed by atoms with Crippen molar-refractivity contribution in [1.82, 2.24) is 0 Å². The van der Waals surface area contributed by atoms with Gasteiger partial charge in [-0.05, 0) is 6.42 Å². The zero-order valence-corrected chi connectivity index (χ0v) is 10.4. The van der Waals surface area contributed by atoms with Gasteiger partial charge in [0.05, 0.1) is 0 Å². The van der Waals surface area contributed by atoms with Crippen LogP contribution in [0, 0.1) is 0 Å². The number of halogens is 1. The van der Waals surface area contributed by atoms with Crippen LogP contribution in [0.3, 0.4) is 0 Å². The quantitative estimate of drug-likeness (QED) is 0.577. The Kier molecular flexibility index (Phi) is 14.2. The molecule has 0 aliphatic carbocycles. The molecule has 1 N–H and O–H groups in total. The number of aliphatic carboxylic acids is 1. The summed E-state index contributed by atoms with van der Waals surface area (Å²) in [6.45, 7) is 6.14. The Morgan fingerprint density at radius 1 is 1.31 bits per heavy atom. The molecule has 0 saturated carbocycles. The lowest BCUT2D eigenvalue weighted by molar-refractivity contribution is -0.136. The first kappa shape index (κ1) is 15.4. The molecular weight excluding hydrogens is 232 g/mol. The third kappa shape index (κ3) is 12.0. The lowest BCUT2D eigenvalue weighted by Gasteiger charge is -2.02. The molecule has 0 bridgehead atoms. The summed E-state index contributed by atoms with van der Waals surface area (Å²) in [5.74, 6) is -0.749. The molecule has 2 nitrogen and oxygen atoms in total. The number of alkyl halides is 1. The first-order chi connectivity index (χ1) is 6.18. The van der Waals surface area contributed by atoms with Crippen LogP contribution < -0.4 is 0 Å². The van der Waals surface area contributed by atoms with Crippen LogP contribution >= 0.6 is 15.9 Å². The largest absolute Gasteiger partial charge is 0.480 e. The number of carboxylic acid groups (broad SMARTS) is 1. The summed E-state index contributed by atoms with van der Waals surface area (Å²) < 4.78 is 0. The molecule has 80 valence electrons. The zero-order valence-electron chi connectivity index (χ0n) is 8.85. The smallest absolute Gasteiger partial charge is 0.317 e. The van der Waals surface area contributed by atoms with Gasteiger partial charge in [-0.1, -0.05) is 62.4 Å². The number of hydrogen-bond donors (Lipinski definition) is 1. The molecule has 0 heterocycles. The highest BCUT2D eigenvalue weighted by Crippen LogP contribution is 2.11. The lowest BCUT2D eigenvalue weighted by Crippen LogP contribution is -2.11. The van der Waals surface area contributed by atoms with Crippen LogP contribution in [0.25, 0.3) is 0 Å². The fourth-order valence-electron chi connectivity index (χ4n) is 0.874. The molecule has 0 spiro atoms. The molecule has 13 heavy (non-hydrogen) atoms. The van der Waals surface area contributed by atoms with Gasteiger partial charge in [0.15, 0.2) is 0 Å². The van der Waals surface area contributed by atoms with Crippen molar-refractivity contribution < 1.29 is 9.90 Å². The molecule has 0 aromatic rings. The average Bonchev–Trinajstić information content (AvgIpc) is 2.15. The minimum atomic E-state index is -0.749. The first-order valence-corrected chi connectivity index (χ1v) is 5.97. The van der Waals surface area contributed by atoms with Crippen LogP contribution in [0.5, 0.6) is 0 Å². The summed E-state index contributed by atoms with van der Waals surface area (Å²) in [5.41, 5.74) is 0. The highest BCUT2D eigenvalue weighted by atomic mass is 79.9. The van der Waals surface area contributed by atoms with Crippen LogP contribution in [-0.4, -0.2) is 15.9 Å². The van der Waals surface area contributed by atoms with Gasteiger partial charge in [-0.15, -0.1) is 0 Å². The van der Waals surface area contributed by atoms with Crippen LogP contribution in [-0.2, 0) is 4.79 Å². The number of carboxylic acids is 1. The molecule has 3 heteroatoms. The van der Waals surface area contributed by atoms with Crippen molar-refractivity contribution in [2.45, 2.75) is 57.7 Å².